The molecule has 0 radical (unpaired) electrons. The molecule has 0 bridgehead atoms. The lowest BCUT2D eigenvalue weighted by Crippen LogP contribution is -2.38. The molecule has 1 heterocycles. The van der Waals surface area contributed by atoms with Crippen molar-refractivity contribution >= 4 is 51.7 Å². The lowest BCUT2D eigenvalue weighted by molar-refractivity contribution is -0.117. The van der Waals surface area contributed by atoms with Gasteiger partial charge >= 0.3 is 0 Å². The fourth-order valence-corrected chi connectivity index (χ4v) is 4.04. The Morgan fingerprint density at radius 3 is 2.64 bits per heavy atom. The number of benzene rings is 2. The van der Waals surface area contributed by atoms with E-state index in [0.717, 1.165) is 27.7 Å². The summed E-state index contributed by atoms with van der Waals surface area (Å²) in [5, 5.41) is 3.38. The molecule has 0 aliphatic carbocycles. The Bertz CT molecular complexity index is 874. The average Bonchev–Trinajstić information content (AvgIpc) is 2.91. The second-order valence-electron chi connectivity index (χ2n) is 6.89. The van der Waals surface area contributed by atoms with Gasteiger partial charge in [0.05, 0.1) is 22.8 Å². The average molecular weight is 512 g/mol. The van der Waals surface area contributed by atoms with E-state index >= 15 is 0 Å². The number of nitrogens with one attached hydrogen (secondary N) is 1. The van der Waals surface area contributed by atoms with Crippen molar-refractivity contribution in [3.05, 3.63) is 62.2 Å². The quantitative estimate of drug-likeness (QED) is 0.631. The summed E-state index contributed by atoms with van der Waals surface area (Å²) in [6.45, 7) is 5.07. The van der Waals surface area contributed by atoms with Gasteiger partial charge in [0.15, 0.2) is 0 Å². The van der Waals surface area contributed by atoms with Gasteiger partial charge in [-0.1, -0.05) is 35.9 Å². The number of hydrogen-bond donors (Lipinski definition) is 1. The highest BCUT2D eigenvalue weighted by Crippen LogP contribution is 2.21. The third-order valence-electron chi connectivity index (χ3n) is 4.81. The van der Waals surface area contributed by atoms with Gasteiger partial charge in [-0.15, -0.1) is 0 Å². The Kier molecular flexibility index (Phi) is 7.31. The van der Waals surface area contributed by atoms with E-state index in [1.807, 2.05) is 42.2 Å². The van der Waals surface area contributed by atoms with Crippen molar-refractivity contribution < 1.29 is 9.59 Å². The van der Waals surface area contributed by atoms with Gasteiger partial charge in [-0.2, -0.15) is 0 Å². The minimum absolute atomic E-state index is 0.0652. The zero-order valence-corrected chi connectivity index (χ0v) is 18.7. The molecule has 28 heavy (non-hydrogen) atoms. The molecule has 2 amide bonds. The van der Waals surface area contributed by atoms with Crippen molar-refractivity contribution in [1.29, 1.82) is 0 Å². The van der Waals surface area contributed by atoms with Crippen LogP contribution in [0.25, 0.3) is 0 Å². The Hall–Kier alpha value is -1.64. The summed E-state index contributed by atoms with van der Waals surface area (Å²) in [4.78, 5) is 29.3. The predicted octanol–water partition coefficient (Wildman–Crippen LogP) is 4.04. The number of hydrogen-bond acceptors (Lipinski definition) is 3. The molecule has 1 fully saturated rings. The number of amides is 2. The van der Waals surface area contributed by atoms with Crippen LogP contribution in [0.2, 0.25) is 5.02 Å². The first-order valence-electron chi connectivity index (χ1n) is 9.27. The highest BCUT2D eigenvalue weighted by atomic mass is 127. The summed E-state index contributed by atoms with van der Waals surface area (Å²) in [6, 6.07) is 13.0. The SMILES string of the molecule is Cc1cccc(C(=O)N2CCCN(CC(=O)Nc3ccccc3Cl)CC2)c1I. The van der Waals surface area contributed by atoms with Gasteiger partial charge < -0.3 is 10.2 Å². The van der Waals surface area contributed by atoms with Gasteiger partial charge in [0.2, 0.25) is 5.91 Å². The van der Waals surface area contributed by atoms with E-state index in [1.54, 1.807) is 12.1 Å². The highest BCUT2D eigenvalue weighted by molar-refractivity contribution is 14.1. The lowest BCUT2D eigenvalue weighted by Gasteiger charge is -2.22. The van der Waals surface area contributed by atoms with E-state index in [0.29, 0.717) is 30.3 Å². The van der Waals surface area contributed by atoms with Crippen molar-refractivity contribution in [3.8, 4) is 0 Å². The lowest BCUT2D eigenvalue weighted by atomic mass is 10.1. The third kappa shape index (κ3) is 5.24. The monoisotopic (exact) mass is 511 g/mol. The summed E-state index contributed by atoms with van der Waals surface area (Å²) < 4.78 is 1.00. The summed E-state index contributed by atoms with van der Waals surface area (Å²) >= 11 is 8.34. The number of nitrogens with zero attached hydrogens (tertiary/aromatic N) is 2. The molecule has 0 aromatic heterocycles. The van der Waals surface area contributed by atoms with E-state index < -0.39 is 0 Å². The molecule has 0 unspecified atom stereocenters. The molecular formula is C21H23ClIN3O2. The van der Waals surface area contributed by atoms with E-state index in [-0.39, 0.29) is 18.4 Å². The topological polar surface area (TPSA) is 52.7 Å². The largest absolute Gasteiger partial charge is 0.337 e. The fourth-order valence-electron chi connectivity index (χ4n) is 3.27. The molecule has 5 nitrogen and oxygen atoms in total. The number of carbonyl (C=O) groups excluding carboxylic acids is 2. The number of rotatable bonds is 4. The molecule has 0 spiro atoms. The molecule has 0 atom stereocenters. The Balaban J connectivity index is 1.57. The number of aryl methyl sites for hydroxylation is 1. The summed E-state index contributed by atoms with van der Waals surface area (Å²) in [5.74, 6) is -0.0309. The van der Waals surface area contributed by atoms with Gasteiger partial charge in [0.1, 0.15) is 0 Å². The number of para-hydroxylation sites is 1. The number of anilines is 1. The van der Waals surface area contributed by atoms with Crippen LogP contribution in [-0.4, -0.2) is 54.3 Å². The van der Waals surface area contributed by atoms with Crippen LogP contribution < -0.4 is 5.32 Å². The van der Waals surface area contributed by atoms with E-state index in [2.05, 4.69) is 32.8 Å². The molecule has 2 aromatic carbocycles. The summed E-state index contributed by atoms with van der Waals surface area (Å²) in [6.07, 6.45) is 0.841. The van der Waals surface area contributed by atoms with Crippen LogP contribution in [0, 0.1) is 10.5 Å². The maximum atomic E-state index is 12.9. The smallest absolute Gasteiger partial charge is 0.254 e. The molecule has 1 aliphatic heterocycles. The molecule has 3 rings (SSSR count). The molecular weight excluding hydrogens is 489 g/mol. The minimum atomic E-state index is -0.0962. The zero-order chi connectivity index (χ0) is 20.1. The number of carbonyl (C=O) groups is 2. The van der Waals surface area contributed by atoms with Crippen molar-refractivity contribution in [2.75, 3.05) is 38.0 Å². The maximum Gasteiger partial charge on any atom is 0.254 e. The third-order valence-corrected chi connectivity index (χ3v) is 6.57. The first kappa shape index (κ1) is 21.1. The van der Waals surface area contributed by atoms with E-state index in [9.17, 15) is 9.59 Å². The second-order valence-corrected chi connectivity index (χ2v) is 8.37. The fraction of sp³-hybridized carbons (Fsp3) is 0.333. The summed E-state index contributed by atoms with van der Waals surface area (Å²) in [7, 11) is 0. The van der Waals surface area contributed by atoms with Crippen LogP contribution in [0.3, 0.4) is 0 Å². The van der Waals surface area contributed by atoms with Crippen molar-refractivity contribution in [3.63, 3.8) is 0 Å². The molecule has 1 saturated heterocycles. The second kappa shape index (κ2) is 9.71. The number of halogens is 2. The van der Waals surface area contributed by atoms with Gasteiger partial charge in [-0.3, -0.25) is 14.5 Å². The maximum absolute atomic E-state index is 12.9. The Morgan fingerprint density at radius 2 is 1.86 bits per heavy atom. The Morgan fingerprint density at radius 1 is 1.07 bits per heavy atom. The minimum Gasteiger partial charge on any atom is -0.337 e. The summed E-state index contributed by atoms with van der Waals surface area (Å²) in [5.41, 5.74) is 2.49. The molecule has 148 valence electrons. The standard InChI is InChI=1S/C21H23ClIN3O2/c1-15-6-4-7-16(20(15)23)21(28)26-11-5-10-25(12-13-26)14-19(27)24-18-9-3-2-8-17(18)22/h2-4,6-9H,5,10-14H2,1H3,(H,24,27). The van der Waals surface area contributed by atoms with Crippen LogP contribution >= 0.6 is 34.2 Å². The van der Waals surface area contributed by atoms with Crippen molar-refractivity contribution in [2.24, 2.45) is 0 Å². The van der Waals surface area contributed by atoms with Crippen molar-refractivity contribution in [2.45, 2.75) is 13.3 Å². The zero-order valence-electron chi connectivity index (χ0n) is 15.8. The predicted molar refractivity (Wildman–Crippen MR) is 121 cm³/mol. The van der Waals surface area contributed by atoms with E-state index in [4.69, 9.17) is 11.6 Å². The van der Waals surface area contributed by atoms with Gasteiger partial charge in [-0.25, -0.2) is 0 Å². The van der Waals surface area contributed by atoms with Crippen LogP contribution in [0.15, 0.2) is 42.5 Å². The molecule has 1 aliphatic rings. The molecule has 7 heteroatoms. The molecule has 1 N–H and O–H groups in total. The van der Waals surface area contributed by atoms with Gasteiger partial charge in [0.25, 0.3) is 5.91 Å². The van der Waals surface area contributed by atoms with Crippen molar-refractivity contribution in [1.82, 2.24) is 9.80 Å². The normalized spacial score (nSPS) is 15.2. The van der Waals surface area contributed by atoms with Crippen LogP contribution in [-0.2, 0) is 4.79 Å². The van der Waals surface area contributed by atoms with Crippen LogP contribution in [0.1, 0.15) is 22.3 Å². The molecule has 2 aromatic rings. The van der Waals surface area contributed by atoms with E-state index in [1.165, 1.54) is 0 Å². The van der Waals surface area contributed by atoms with Gasteiger partial charge in [-0.05, 0) is 59.7 Å². The first-order valence-corrected chi connectivity index (χ1v) is 10.7. The van der Waals surface area contributed by atoms with Gasteiger partial charge in [0, 0.05) is 29.7 Å². The van der Waals surface area contributed by atoms with Crippen LogP contribution in [0.4, 0.5) is 5.69 Å². The molecule has 0 saturated carbocycles. The highest BCUT2D eigenvalue weighted by Gasteiger charge is 2.23. The Labute approximate surface area is 184 Å². The van der Waals surface area contributed by atoms with Crippen LogP contribution in [0.5, 0.6) is 0 Å². The first-order chi connectivity index (χ1) is 13.5.